The van der Waals surface area contributed by atoms with Crippen molar-refractivity contribution in [2.24, 2.45) is 0 Å². The van der Waals surface area contributed by atoms with Crippen LogP contribution in [0.3, 0.4) is 0 Å². The molecule has 6 nitrogen and oxygen atoms in total. The molecule has 0 spiro atoms. The van der Waals surface area contributed by atoms with E-state index >= 15 is 0 Å². The maximum atomic E-state index is 12.6. The highest BCUT2D eigenvalue weighted by molar-refractivity contribution is 7.98. The molecule has 1 heterocycles. The Hall–Kier alpha value is -2.48. The van der Waals surface area contributed by atoms with Gasteiger partial charge in [-0.2, -0.15) is 0 Å². The van der Waals surface area contributed by atoms with Crippen LogP contribution in [0.4, 0.5) is 5.82 Å². The summed E-state index contributed by atoms with van der Waals surface area (Å²) in [5, 5.41) is 13.3. The lowest BCUT2D eigenvalue weighted by molar-refractivity contribution is 0.0686. The predicted octanol–water partition coefficient (Wildman–Crippen LogP) is 4.91. The minimum absolute atomic E-state index is 0.0242. The normalized spacial score (nSPS) is 10.7. The number of carbonyl (C=O) groups excluding carboxylic acids is 1. The number of amides is 1. The van der Waals surface area contributed by atoms with Gasteiger partial charge in [-0.25, -0.2) is 9.78 Å². The number of hydrogen-bond donors (Lipinski definition) is 2. The van der Waals surface area contributed by atoms with Crippen LogP contribution in [0, 0.1) is 0 Å². The van der Waals surface area contributed by atoms with Gasteiger partial charge in [0, 0.05) is 5.56 Å². The fourth-order valence-electron chi connectivity index (χ4n) is 2.62. The van der Waals surface area contributed by atoms with Crippen molar-refractivity contribution in [1.82, 2.24) is 9.55 Å². The first kappa shape index (κ1) is 20.3. The highest BCUT2D eigenvalue weighted by Crippen LogP contribution is 2.27. The van der Waals surface area contributed by atoms with Crippen molar-refractivity contribution in [2.45, 2.75) is 11.7 Å². The second-order valence-electron chi connectivity index (χ2n) is 5.76. The molecule has 0 saturated heterocycles. The van der Waals surface area contributed by atoms with Crippen molar-refractivity contribution < 1.29 is 14.7 Å². The molecule has 0 aliphatic carbocycles. The van der Waals surface area contributed by atoms with Crippen LogP contribution in [0.5, 0.6) is 0 Å². The van der Waals surface area contributed by atoms with Crippen LogP contribution in [-0.4, -0.2) is 32.8 Å². The fourth-order valence-corrected chi connectivity index (χ4v) is 3.48. The smallest absolute Gasteiger partial charge is 0.356 e. The van der Waals surface area contributed by atoms with E-state index in [1.54, 1.807) is 10.8 Å². The Morgan fingerprint density at radius 3 is 2.46 bits per heavy atom. The number of nitrogens with zero attached hydrogens (tertiary/aromatic N) is 2. The van der Waals surface area contributed by atoms with Crippen LogP contribution in [0.2, 0.25) is 10.0 Å². The molecule has 28 heavy (non-hydrogen) atoms. The van der Waals surface area contributed by atoms with Gasteiger partial charge in [0.2, 0.25) is 0 Å². The molecule has 2 N–H and O–H groups in total. The third kappa shape index (κ3) is 4.32. The number of carboxylic acids is 1. The molecule has 0 aliphatic heterocycles. The highest BCUT2D eigenvalue weighted by Gasteiger charge is 2.24. The zero-order chi connectivity index (χ0) is 20.3. The van der Waals surface area contributed by atoms with E-state index < -0.39 is 11.9 Å². The molecule has 0 bridgehead atoms. The molecule has 0 unspecified atom stereocenters. The number of rotatable bonds is 6. The fraction of sp³-hybridized carbons (Fsp3) is 0.105. The molecule has 0 saturated carbocycles. The maximum Gasteiger partial charge on any atom is 0.356 e. The van der Waals surface area contributed by atoms with E-state index in [-0.39, 0.29) is 22.1 Å². The summed E-state index contributed by atoms with van der Waals surface area (Å²) < 4.78 is 1.56. The van der Waals surface area contributed by atoms with Crippen LogP contribution in [0.1, 0.15) is 26.4 Å². The average molecular weight is 436 g/mol. The molecular formula is C19H15Cl2N3O3S. The number of aromatic carboxylic acids is 1. The van der Waals surface area contributed by atoms with Gasteiger partial charge in [0.05, 0.1) is 16.6 Å². The van der Waals surface area contributed by atoms with Gasteiger partial charge in [-0.3, -0.25) is 4.79 Å². The van der Waals surface area contributed by atoms with Gasteiger partial charge in [-0.05, 0) is 30.0 Å². The minimum Gasteiger partial charge on any atom is -0.476 e. The number of benzene rings is 2. The van der Waals surface area contributed by atoms with Gasteiger partial charge in [0.15, 0.2) is 16.7 Å². The van der Waals surface area contributed by atoms with E-state index in [1.165, 1.54) is 30.0 Å². The van der Waals surface area contributed by atoms with E-state index in [4.69, 9.17) is 23.2 Å². The van der Waals surface area contributed by atoms with Crippen LogP contribution < -0.4 is 5.32 Å². The molecule has 0 atom stereocenters. The standard InChI is InChI=1S/C19H15Cl2N3O3S/c1-28-19-23-16(22-17(25)12-7-8-13(20)14(21)9-12)15(18(26)27)24(19)10-11-5-3-2-4-6-11/h2-9H,10H2,1H3,(H,22,25)(H,26,27). The maximum absolute atomic E-state index is 12.6. The Labute approximate surface area is 175 Å². The number of carbonyl (C=O) groups is 2. The molecule has 144 valence electrons. The molecule has 3 aromatic rings. The molecule has 9 heteroatoms. The summed E-state index contributed by atoms with van der Waals surface area (Å²) in [5.41, 5.74) is 1.07. The monoisotopic (exact) mass is 435 g/mol. The second-order valence-corrected chi connectivity index (χ2v) is 7.34. The second kappa shape index (κ2) is 8.68. The number of carboxylic acid groups (broad SMARTS) is 1. The molecule has 3 rings (SSSR count). The third-order valence-electron chi connectivity index (χ3n) is 3.91. The van der Waals surface area contributed by atoms with Crippen LogP contribution in [-0.2, 0) is 6.54 Å². The quantitative estimate of drug-likeness (QED) is 0.537. The topological polar surface area (TPSA) is 84.2 Å². The lowest BCUT2D eigenvalue weighted by Gasteiger charge is -2.09. The van der Waals surface area contributed by atoms with Crippen molar-refractivity contribution in [3.05, 3.63) is 75.4 Å². The van der Waals surface area contributed by atoms with Crippen LogP contribution in [0.25, 0.3) is 0 Å². The number of imidazole rings is 1. The van der Waals surface area contributed by atoms with E-state index in [1.807, 2.05) is 30.3 Å². The zero-order valence-electron chi connectivity index (χ0n) is 14.6. The van der Waals surface area contributed by atoms with Gasteiger partial charge >= 0.3 is 5.97 Å². The molecule has 1 aromatic heterocycles. The third-order valence-corrected chi connectivity index (χ3v) is 5.33. The highest BCUT2D eigenvalue weighted by atomic mass is 35.5. The van der Waals surface area contributed by atoms with Gasteiger partial charge in [0.25, 0.3) is 5.91 Å². The number of anilines is 1. The van der Waals surface area contributed by atoms with Gasteiger partial charge in [-0.1, -0.05) is 65.3 Å². The van der Waals surface area contributed by atoms with Gasteiger partial charge in [0.1, 0.15) is 0 Å². The Morgan fingerprint density at radius 1 is 1.14 bits per heavy atom. The molecular weight excluding hydrogens is 421 g/mol. The summed E-state index contributed by atoms with van der Waals surface area (Å²) in [7, 11) is 0. The average Bonchev–Trinajstić information content (AvgIpc) is 3.01. The van der Waals surface area contributed by atoms with E-state index in [0.29, 0.717) is 16.7 Å². The molecule has 1 amide bonds. The van der Waals surface area contributed by atoms with Crippen LogP contribution >= 0.6 is 35.0 Å². The van der Waals surface area contributed by atoms with Gasteiger partial charge in [-0.15, -0.1) is 0 Å². The molecule has 0 aliphatic rings. The van der Waals surface area contributed by atoms with Crippen molar-refractivity contribution in [3.8, 4) is 0 Å². The van der Waals surface area contributed by atoms with Gasteiger partial charge < -0.3 is 15.0 Å². The minimum atomic E-state index is -1.19. The Kier molecular flexibility index (Phi) is 6.28. The Morgan fingerprint density at radius 2 is 1.86 bits per heavy atom. The van der Waals surface area contributed by atoms with Crippen LogP contribution in [0.15, 0.2) is 53.7 Å². The molecule has 0 fully saturated rings. The zero-order valence-corrected chi connectivity index (χ0v) is 17.0. The van der Waals surface area contributed by atoms with E-state index in [9.17, 15) is 14.7 Å². The number of hydrogen-bond acceptors (Lipinski definition) is 4. The summed E-state index contributed by atoms with van der Waals surface area (Å²) >= 11 is 13.1. The van der Waals surface area contributed by atoms with Crippen molar-refractivity contribution in [2.75, 3.05) is 11.6 Å². The first-order valence-corrected chi connectivity index (χ1v) is 10.1. The largest absolute Gasteiger partial charge is 0.476 e. The predicted molar refractivity (Wildman–Crippen MR) is 111 cm³/mol. The summed E-state index contributed by atoms with van der Waals surface area (Å²) in [6.07, 6.45) is 1.79. The summed E-state index contributed by atoms with van der Waals surface area (Å²) in [6.45, 7) is 0.314. The first-order valence-electron chi connectivity index (χ1n) is 8.09. The lowest BCUT2D eigenvalue weighted by Crippen LogP contribution is -2.17. The van der Waals surface area contributed by atoms with E-state index in [2.05, 4.69) is 10.3 Å². The summed E-state index contributed by atoms with van der Waals surface area (Å²) in [5.74, 6) is -1.74. The first-order chi connectivity index (χ1) is 13.4. The summed E-state index contributed by atoms with van der Waals surface area (Å²) in [6, 6.07) is 13.8. The molecule has 0 radical (unpaired) electrons. The number of thioether (sulfide) groups is 1. The van der Waals surface area contributed by atoms with E-state index in [0.717, 1.165) is 5.56 Å². The Balaban J connectivity index is 1.97. The van der Waals surface area contributed by atoms with Crippen molar-refractivity contribution in [3.63, 3.8) is 0 Å². The summed E-state index contributed by atoms with van der Waals surface area (Å²) in [4.78, 5) is 28.8. The Bertz CT molecular complexity index is 1040. The molecule has 2 aromatic carbocycles. The number of aromatic nitrogens is 2. The number of halogens is 2. The van der Waals surface area contributed by atoms with Crippen molar-refractivity contribution in [1.29, 1.82) is 0 Å². The van der Waals surface area contributed by atoms with Crippen molar-refractivity contribution >= 4 is 52.7 Å². The number of nitrogens with one attached hydrogen (secondary N) is 1. The lowest BCUT2D eigenvalue weighted by atomic mass is 10.2. The SMILES string of the molecule is CSc1nc(NC(=O)c2ccc(Cl)c(Cl)c2)c(C(=O)O)n1Cc1ccccc1.